The van der Waals surface area contributed by atoms with E-state index in [1.165, 1.54) is 5.56 Å². The summed E-state index contributed by atoms with van der Waals surface area (Å²) in [5.74, 6) is 1.80. The first kappa shape index (κ1) is 12.9. The number of rotatable bonds is 3. The van der Waals surface area contributed by atoms with E-state index < -0.39 is 0 Å². The maximum atomic E-state index is 6.18. The molecule has 0 fully saturated rings. The number of hydrogen-bond acceptors (Lipinski definition) is 5. The predicted octanol–water partition coefficient (Wildman–Crippen LogP) is 3.89. The van der Waals surface area contributed by atoms with E-state index in [1.807, 2.05) is 23.6 Å². The Hall–Kier alpha value is -1.85. The van der Waals surface area contributed by atoms with Crippen LogP contribution in [0.2, 0.25) is 5.02 Å². The molecular weight excluding hydrogens is 306 g/mol. The maximum absolute atomic E-state index is 6.18. The maximum Gasteiger partial charge on any atom is 0.138 e. The molecule has 6 heteroatoms. The first-order chi connectivity index (χ1) is 10.3. The van der Waals surface area contributed by atoms with Gasteiger partial charge in [-0.25, -0.2) is 9.97 Å². The molecule has 0 atom stereocenters. The molecule has 0 aliphatic carbocycles. The summed E-state index contributed by atoms with van der Waals surface area (Å²) in [5.41, 5.74) is 2.25. The minimum atomic E-state index is 0.630. The van der Waals surface area contributed by atoms with Crippen LogP contribution in [-0.4, -0.2) is 16.6 Å². The van der Waals surface area contributed by atoms with Crippen molar-refractivity contribution in [2.24, 2.45) is 0 Å². The van der Waals surface area contributed by atoms with E-state index in [9.17, 15) is 0 Å². The molecular formula is C15H12ClN3OS. The van der Waals surface area contributed by atoms with Crippen molar-refractivity contribution in [1.82, 2.24) is 9.97 Å². The predicted molar refractivity (Wildman–Crippen MR) is 85.4 cm³/mol. The fourth-order valence-electron chi connectivity index (χ4n) is 2.59. The lowest BCUT2D eigenvalue weighted by Crippen LogP contribution is -2.03. The van der Waals surface area contributed by atoms with Crippen molar-refractivity contribution in [3.8, 4) is 5.75 Å². The average Bonchev–Trinajstić information content (AvgIpc) is 3.12. The SMILES string of the molecule is Clc1cc2c(c(CNc3ncnc4sccc34)c1)OCC2. The van der Waals surface area contributed by atoms with Crippen LogP contribution in [0.15, 0.2) is 29.9 Å². The molecule has 4 nitrogen and oxygen atoms in total. The van der Waals surface area contributed by atoms with Crippen molar-refractivity contribution >= 4 is 39.0 Å². The van der Waals surface area contributed by atoms with Crippen LogP contribution in [0.1, 0.15) is 11.1 Å². The topological polar surface area (TPSA) is 47.0 Å². The molecule has 0 saturated heterocycles. The van der Waals surface area contributed by atoms with E-state index in [0.717, 1.165) is 45.4 Å². The highest BCUT2D eigenvalue weighted by atomic mass is 35.5. The molecule has 0 spiro atoms. The number of aromatic nitrogens is 2. The molecule has 1 aliphatic rings. The van der Waals surface area contributed by atoms with Crippen molar-refractivity contribution in [3.63, 3.8) is 0 Å². The lowest BCUT2D eigenvalue weighted by atomic mass is 10.1. The monoisotopic (exact) mass is 317 g/mol. The number of nitrogens with zero attached hydrogens (tertiary/aromatic N) is 2. The first-order valence-electron chi connectivity index (χ1n) is 6.67. The summed E-state index contributed by atoms with van der Waals surface area (Å²) in [6.07, 6.45) is 2.51. The molecule has 0 amide bonds. The van der Waals surface area contributed by atoms with E-state index in [-0.39, 0.29) is 0 Å². The second-order valence-electron chi connectivity index (χ2n) is 4.87. The fraction of sp³-hybridized carbons (Fsp3) is 0.200. The van der Waals surface area contributed by atoms with Crippen LogP contribution >= 0.6 is 22.9 Å². The number of anilines is 1. The van der Waals surface area contributed by atoms with Crippen LogP contribution in [0.5, 0.6) is 5.75 Å². The van der Waals surface area contributed by atoms with Crippen LogP contribution in [0, 0.1) is 0 Å². The van der Waals surface area contributed by atoms with Crippen molar-refractivity contribution in [1.29, 1.82) is 0 Å². The second-order valence-corrected chi connectivity index (χ2v) is 6.20. The fourth-order valence-corrected chi connectivity index (χ4v) is 3.58. The van der Waals surface area contributed by atoms with E-state index in [1.54, 1.807) is 17.7 Å². The highest BCUT2D eigenvalue weighted by molar-refractivity contribution is 7.16. The number of fused-ring (bicyclic) bond motifs is 2. The Morgan fingerprint density at radius 1 is 1.33 bits per heavy atom. The van der Waals surface area contributed by atoms with Crippen LogP contribution < -0.4 is 10.1 Å². The molecule has 1 aromatic carbocycles. The van der Waals surface area contributed by atoms with Gasteiger partial charge in [-0.2, -0.15) is 0 Å². The summed E-state index contributed by atoms with van der Waals surface area (Å²) < 4.78 is 5.72. The van der Waals surface area contributed by atoms with Gasteiger partial charge in [0.15, 0.2) is 0 Å². The lowest BCUT2D eigenvalue weighted by Gasteiger charge is -2.11. The Balaban J connectivity index is 1.64. The third-order valence-corrected chi connectivity index (χ3v) is 4.57. The summed E-state index contributed by atoms with van der Waals surface area (Å²) in [5, 5.41) is 7.18. The van der Waals surface area contributed by atoms with Crippen molar-refractivity contribution in [3.05, 3.63) is 46.1 Å². The highest BCUT2D eigenvalue weighted by Gasteiger charge is 2.17. The third kappa shape index (κ3) is 2.32. The van der Waals surface area contributed by atoms with Gasteiger partial charge in [0, 0.05) is 23.6 Å². The van der Waals surface area contributed by atoms with Gasteiger partial charge >= 0.3 is 0 Å². The molecule has 21 heavy (non-hydrogen) atoms. The zero-order chi connectivity index (χ0) is 14.2. The van der Waals surface area contributed by atoms with Gasteiger partial charge in [-0.15, -0.1) is 11.3 Å². The number of ether oxygens (including phenoxy) is 1. The van der Waals surface area contributed by atoms with Gasteiger partial charge in [0.1, 0.15) is 22.7 Å². The van der Waals surface area contributed by atoms with Gasteiger partial charge in [-0.1, -0.05) is 11.6 Å². The number of thiophene rings is 1. The molecule has 2 aromatic heterocycles. The number of halogens is 1. The lowest BCUT2D eigenvalue weighted by molar-refractivity contribution is 0.354. The summed E-state index contributed by atoms with van der Waals surface area (Å²) in [6, 6.07) is 5.96. The van der Waals surface area contributed by atoms with E-state index in [4.69, 9.17) is 16.3 Å². The minimum Gasteiger partial charge on any atom is -0.493 e. The largest absolute Gasteiger partial charge is 0.493 e. The van der Waals surface area contributed by atoms with Crippen LogP contribution in [0.25, 0.3) is 10.2 Å². The van der Waals surface area contributed by atoms with Crippen LogP contribution in [0.4, 0.5) is 5.82 Å². The van der Waals surface area contributed by atoms with Gasteiger partial charge in [-0.3, -0.25) is 0 Å². The van der Waals surface area contributed by atoms with E-state index in [0.29, 0.717) is 6.54 Å². The Morgan fingerprint density at radius 2 is 2.29 bits per heavy atom. The van der Waals surface area contributed by atoms with Gasteiger partial charge in [0.05, 0.1) is 12.0 Å². The third-order valence-electron chi connectivity index (χ3n) is 3.53. The second kappa shape index (κ2) is 5.16. The molecule has 0 bridgehead atoms. The summed E-state index contributed by atoms with van der Waals surface area (Å²) >= 11 is 7.79. The quantitative estimate of drug-likeness (QED) is 0.796. The zero-order valence-corrected chi connectivity index (χ0v) is 12.7. The Morgan fingerprint density at radius 3 is 3.24 bits per heavy atom. The molecule has 0 saturated carbocycles. The van der Waals surface area contributed by atoms with E-state index in [2.05, 4.69) is 15.3 Å². The molecule has 1 aliphatic heterocycles. The molecule has 0 radical (unpaired) electrons. The number of nitrogens with one attached hydrogen (secondary N) is 1. The Kier molecular flexibility index (Phi) is 3.16. The van der Waals surface area contributed by atoms with Gasteiger partial charge < -0.3 is 10.1 Å². The molecule has 3 heterocycles. The van der Waals surface area contributed by atoms with Gasteiger partial charge in [0.2, 0.25) is 0 Å². The summed E-state index contributed by atoms with van der Waals surface area (Å²) in [4.78, 5) is 9.56. The van der Waals surface area contributed by atoms with Crippen LogP contribution in [-0.2, 0) is 13.0 Å². The molecule has 3 aromatic rings. The zero-order valence-electron chi connectivity index (χ0n) is 11.1. The van der Waals surface area contributed by atoms with Crippen molar-refractivity contribution < 1.29 is 4.74 Å². The van der Waals surface area contributed by atoms with Crippen LogP contribution in [0.3, 0.4) is 0 Å². The smallest absolute Gasteiger partial charge is 0.138 e. The standard InChI is InChI=1S/C15H12ClN3OS/c16-11-5-9-1-3-20-13(9)10(6-11)7-17-14-12-2-4-21-15(12)19-8-18-14/h2,4-6,8H,1,3,7H2,(H,17,18,19). The van der Waals surface area contributed by atoms with Crippen molar-refractivity contribution in [2.45, 2.75) is 13.0 Å². The Labute approximate surface area is 130 Å². The van der Waals surface area contributed by atoms with Gasteiger partial charge in [0.25, 0.3) is 0 Å². The normalized spacial score (nSPS) is 13.2. The highest BCUT2D eigenvalue weighted by Crippen LogP contribution is 2.33. The number of benzene rings is 1. The molecule has 4 rings (SSSR count). The molecule has 1 N–H and O–H groups in total. The minimum absolute atomic E-state index is 0.630. The first-order valence-corrected chi connectivity index (χ1v) is 7.93. The van der Waals surface area contributed by atoms with E-state index >= 15 is 0 Å². The molecule has 0 unspecified atom stereocenters. The Bertz CT molecular complexity index is 818. The summed E-state index contributed by atoms with van der Waals surface area (Å²) in [6.45, 7) is 1.36. The van der Waals surface area contributed by atoms with Gasteiger partial charge in [-0.05, 0) is 29.1 Å². The van der Waals surface area contributed by atoms with Crippen molar-refractivity contribution in [2.75, 3.05) is 11.9 Å². The number of hydrogen-bond donors (Lipinski definition) is 1. The molecule has 106 valence electrons. The average molecular weight is 318 g/mol. The summed E-state index contributed by atoms with van der Waals surface area (Å²) in [7, 11) is 0.